The Morgan fingerprint density at radius 2 is 1.40 bits per heavy atom. The van der Waals surface area contributed by atoms with Crippen LogP contribution in [0.2, 0.25) is 0 Å². The van der Waals surface area contributed by atoms with Crippen molar-refractivity contribution in [2.75, 3.05) is 7.11 Å². The van der Waals surface area contributed by atoms with Crippen LogP contribution < -0.4 is 0 Å². The van der Waals surface area contributed by atoms with Crippen molar-refractivity contribution >= 4 is 0 Å². The average molecular weight is 119 g/mol. The topological polar surface area (TPSA) is 54.4 Å². The summed E-state index contributed by atoms with van der Waals surface area (Å²) < 4.78 is 16.8. The average Bonchev–Trinajstić information content (AvgIpc) is 1.46. The second kappa shape index (κ2) is 33.2. The van der Waals surface area contributed by atoms with Crippen LogP contribution in [0.3, 0.4) is 0 Å². The molecule has 0 aromatic carbocycles. The van der Waals surface area contributed by atoms with Gasteiger partial charge in [0, 0.05) is 7.11 Å². The Balaban J connectivity index is 0. The van der Waals surface area contributed by atoms with Gasteiger partial charge in [-0.05, 0) is 0 Å². The fourth-order valence-corrected chi connectivity index (χ4v) is 0. The first kappa shape index (κ1) is 8.91. The first-order valence-corrected chi connectivity index (χ1v) is 1.72. The minimum atomic E-state index is -1.44. The first-order chi connectivity index (χ1) is 2.41. The van der Waals surface area contributed by atoms with Crippen LogP contribution in [0, 0.1) is 0 Å². The Bertz CT molecular complexity index is 27.9. The maximum atomic E-state index is 8.41. The zero-order chi connectivity index (χ0) is 4.71. The van der Waals surface area contributed by atoms with Crippen molar-refractivity contribution in [2.45, 2.75) is 0 Å². The van der Waals surface area contributed by atoms with Crippen LogP contribution in [0.15, 0.2) is 0 Å². The van der Waals surface area contributed by atoms with Gasteiger partial charge in [-0.15, -0.1) is 0 Å². The SMILES string of the molecule is CO.[O]=[Mn]=[O]. The second-order valence-electron chi connectivity index (χ2n) is 0.0630. The fraction of sp³-hybridized carbons (Fsp3) is 1.00. The van der Waals surface area contributed by atoms with E-state index >= 15 is 0 Å². The van der Waals surface area contributed by atoms with E-state index in [0.29, 0.717) is 0 Å². The van der Waals surface area contributed by atoms with Crippen molar-refractivity contribution in [3.05, 3.63) is 0 Å². The summed E-state index contributed by atoms with van der Waals surface area (Å²) in [5.41, 5.74) is 0. The number of hydrogen-bond donors (Lipinski definition) is 1. The van der Waals surface area contributed by atoms with Gasteiger partial charge < -0.3 is 5.11 Å². The molecule has 0 heterocycles. The molecule has 1 N–H and O–H groups in total. The van der Waals surface area contributed by atoms with Gasteiger partial charge in [-0.3, -0.25) is 0 Å². The molecule has 0 aliphatic carbocycles. The molecule has 0 aromatic heterocycles. The Morgan fingerprint density at radius 1 is 1.40 bits per heavy atom. The van der Waals surface area contributed by atoms with E-state index in [1.165, 1.54) is 0 Å². The van der Waals surface area contributed by atoms with Crippen LogP contribution in [-0.2, 0) is 22.5 Å². The molecule has 0 amide bonds. The molecule has 5 heavy (non-hydrogen) atoms. The zero-order valence-corrected chi connectivity index (χ0v) is 3.82. The van der Waals surface area contributed by atoms with Crippen molar-refractivity contribution in [3.63, 3.8) is 0 Å². The molecule has 0 radical (unpaired) electrons. The predicted octanol–water partition coefficient (Wildman–Crippen LogP) is -0.632. The molecule has 4 heteroatoms. The van der Waals surface area contributed by atoms with E-state index in [1.54, 1.807) is 0 Å². The standard InChI is InChI=1S/CH4O.Mn.2O/c1-2;;;/h2H,1H3;;;. The van der Waals surface area contributed by atoms with Crippen LogP contribution in [0.4, 0.5) is 0 Å². The zero-order valence-electron chi connectivity index (χ0n) is 2.64. The van der Waals surface area contributed by atoms with E-state index in [2.05, 4.69) is 0 Å². The van der Waals surface area contributed by atoms with E-state index < -0.39 is 14.8 Å². The third-order valence-electron chi connectivity index (χ3n) is 0. The molecule has 0 bridgehead atoms. The molecule has 0 aliphatic heterocycles. The summed E-state index contributed by atoms with van der Waals surface area (Å²) in [6.45, 7) is 0. The molecule has 0 aromatic rings. The Kier molecular flexibility index (Phi) is 59.2. The Labute approximate surface area is 35.6 Å². The third kappa shape index (κ3) is 2790. The van der Waals surface area contributed by atoms with Gasteiger partial charge in [-0.1, -0.05) is 0 Å². The molecular formula is CH4MnO3. The molecular weight excluding hydrogens is 115 g/mol. The Morgan fingerprint density at radius 3 is 1.40 bits per heavy atom. The molecule has 0 atom stereocenters. The van der Waals surface area contributed by atoms with Gasteiger partial charge in [0.2, 0.25) is 0 Å². The van der Waals surface area contributed by atoms with Crippen LogP contribution in [0.5, 0.6) is 0 Å². The molecule has 0 saturated carbocycles. The first-order valence-electron chi connectivity index (χ1n) is 0.756. The van der Waals surface area contributed by atoms with Crippen LogP contribution in [0.1, 0.15) is 0 Å². The predicted molar refractivity (Wildman–Crippen MR) is 9.52 cm³/mol. The minimum absolute atomic E-state index is 1.00. The Hall–Kier alpha value is 0.0795. The molecule has 0 aliphatic rings. The monoisotopic (exact) mass is 119 g/mol. The number of hydrogen-bond acceptors (Lipinski definition) is 3. The summed E-state index contributed by atoms with van der Waals surface area (Å²) in [6.07, 6.45) is 0. The van der Waals surface area contributed by atoms with Crippen LogP contribution >= 0.6 is 0 Å². The normalized spacial score (nSPS) is 3.60. The quantitative estimate of drug-likeness (QED) is 0.432. The van der Waals surface area contributed by atoms with Gasteiger partial charge in [0.05, 0.1) is 0 Å². The molecule has 0 saturated heterocycles. The molecule has 0 rings (SSSR count). The van der Waals surface area contributed by atoms with E-state index in [0.717, 1.165) is 7.11 Å². The summed E-state index contributed by atoms with van der Waals surface area (Å²) in [5, 5.41) is 7.00. The van der Waals surface area contributed by atoms with E-state index in [-0.39, 0.29) is 0 Å². The number of aliphatic hydroxyl groups is 1. The van der Waals surface area contributed by atoms with E-state index in [4.69, 9.17) is 12.8 Å². The van der Waals surface area contributed by atoms with Gasteiger partial charge in [0.15, 0.2) is 0 Å². The number of rotatable bonds is 0. The van der Waals surface area contributed by atoms with E-state index in [9.17, 15) is 0 Å². The summed E-state index contributed by atoms with van der Waals surface area (Å²) in [7, 11) is 1.00. The van der Waals surface area contributed by atoms with Crippen LogP contribution in [0.25, 0.3) is 0 Å². The number of aliphatic hydroxyl groups excluding tert-OH is 1. The van der Waals surface area contributed by atoms with Gasteiger partial charge in [-0.2, -0.15) is 0 Å². The summed E-state index contributed by atoms with van der Waals surface area (Å²) >= 11 is -1.44. The van der Waals surface area contributed by atoms with E-state index in [1.807, 2.05) is 0 Å². The summed E-state index contributed by atoms with van der Waals surface area (Å²) in [5.74, 6) is 0. The van der Waals surface area contributed by atoms with Gasteiger partial charge in [0.25, 0.3) is 0 Å². The van der Waals surface area contributed by atoms with Gasteiger partial charge in [-0.25, -0.2) is 0 Å². The van der Waals surface area contributed by atoms with Crippen molar-refractivity contribution < 1.29 is 27.6 Å². The summed E-state index contributed by atoms with van der Waals surface area (Å²) in [4.78, 5) is 0. The van der Waals surface area contributed by atoms with Gasteiger partial charge >= 0.3 is 22.5 Å². The van der Waals surface area contributed by atoms with Crippen LogP contribution in [-0.4, -0.2) is 12.2 Å². The van der Waals surface area contributed by atoms with Crippen molar-refractivity contribution in [3.8, 4) is 0 Å². The van der Waals surface area contributed by atoms with Crippen molar-refractivity contribution in [1.29, 1.82) is 0 Å². The molecule has 0 spiro atoms. The molecule has 0 fully saturated rings. The fourth-order valence-electron chi connectivity index (χ4n) is 0. The summed E-state index contributed by atoms with van der Waals surface area (Å²) in [6, 6.07) is 0. The van der Waals surface area contributed by atoms with Gasteiger partial charge in [0.1, 0.15) is 0 Å². The van der Waals surface area contributed by atoms with Crippen molar-refractivity contribution in [1.82, 2.24) is 0 Å². The van der Waals surface area contributed by atoms with Crippen molar-refractivity contribution in [2.24, 2.45) is 0 Å². The molecule has 0 unspecified atom stereocenters. The third-order valence-corrected chi connectivity index (χ3v) is 0. The second-order valence-corrected chi connectivity index (χ2v) is 0.260. The molecule has 3 nitrogen and oxygen atoms in total. The maximum absolute atomic E-state index is 8.41. The molecule has 33 valence electrons.